The molecule has 0 saturated carbocycles. The number of nitrogens with two attached hydrogens (primary N) is 1. The largest absolute Gasteiger partial charge is 0.492 e. The molecule has 17 heavy (non-hydrogen) atoms. The minimum Gasteiger partial charge on any atom is -0.492 e. The van der Waals surface area contributed by atoms with Crippen molar-refractivity contribution in [1.29, 1.82) is 0 Å². The maximum Gasteiger partial charge on any atom is 0.119 e. The van der Waals surface area contributed by atoms with Crippen LogP contribution in [0, 0.1) is 0 Å². The van der Waals surface area contributed by atoms with E-state index < -0.39 is 0 Å². The predicted molar refractivity (Wildman–Crippen MR) is 70.2 cm³/mol. The first-order chi connectivity index (χ1) is 8.25. The zero-order valence-corrected chi connectivity index (χ0v) is 10.5. The Kier molecular flexibility index (Phi) is 4.40. The van der Waals surface area contributed by atoms with E-state index in [9.17, 15) is 0 Å². The minimum atomic E-state index is 0.336. The summed E-state index contributed by atoms with van der Waals surface area (Å²) in [6, 6.07) is 10.9. The molecule has 1 saturated heterocycles. The lowest BCUT2D eigenvalue weighted by Crippen LogP contribution is -2.48. The number of benzene rings is 1. The number of ether oxygens (including phenoxy) is 1. The Bertz CT molecular complexity index is 328. The van der Waals surface area contributed by atoms with Crippen LogP contribution in [-0.4, -0.2) is 36.7 Å². The number of hydrogen-bond donors (Lipinski definition) is 1. The second-order valence-electron chi connectivity index (χ2n) is 4.84. The number of hydrogen-bond acceptors (Lipinski definition) is 3. The minimum absolute atomic E-state index is 0.336. The molecule has 0 amide bonds. The normalized spacial score (nSPS) is 25.8. The topological polar surface area (TPSA) is 38.5 Å². The predicted octanol–water partition coefficient (Wildman–Crippen LogP) is 1.88. The van der Waals surface area contributed by atoms with Crippen LogP contribution in [0.1, 0.15) is 19.8 Å². The summed E-state index contributed by atoms with van der Waals surface area (Å²) >= 11 is 0. The first-order valence-electron chi connectivity index (χ1n) is 6.43. The summed E-state index contributed by atoms with van der Waals surface area (Å²) in [6.07, 6.45) is 2.35. The van der Waals surface area contributed by atoms with Gasteiger partial charge in [-0.1, -0.05) is 18.2 Å². The highest BCUT2D eigenvalue weighted by atomic mass is 16.5. The van der Waals surface area contributed by atoms with E-state index in [0.717, 1.165) is 31.9 Å². The quantitative estimate of drug-likeness (QED) is 0.864. The number of para-hydroxylation sites is 1. The fourth-order valence-corrected chi connectivity index (χ4v) is 2.32. The van der Waals surface area contributed by atoms with Crippen molar-refractivity contribution in [3.8, 4) is 5.75 Å². The highest BCUT2D eigenvalue weighted by Gasteiger charge is 2.22. The van der Waals surface area contributed by atoms with E-state index in [0.29, 0.717) is 12.1 Å². The molecule has 1 aromatic rings. The van der Waals surface area contributed by atoms with Gasteiger partial charge in [-0.15, -0.1) is 0 Å². The maximum atomic E-state index is 5.99. The van der Waals surface area contributed by atoms with Crippen LogP contribution >= 0.6 is 0 Å². The Morgan fingerprint density at radius 3 is 2.82 bits per heavy atom. The van der Waals surface area contributed by atoms with Crippen LogP contribution in [0.5, 0.6) is 5.75 Å². The smallest absolute Gasteiger partial charge is 0.119 e. The summed E-state index contributed by atoms with van der Waals surface area (Å²) in [6.45, 7) is 4.97. The van der Waals surface area contributed by atoms with E-state index in [1.807, 2.05) is 30.3 Å². The molecule has 2 rings (SSSR count). The molecule has 2 atom stereocenters. The van der Waals surface area contributed by atoms with Crippen LogP contribution in [0.4, 0.5) is 0 Å². The van der Waals surface area contributed by atoms with Crippen LogP contribution < -0.4 is 10.5 Å². The molecule has 0 bridgehead atoms. The van der Waals surface area contributed by atoms with Crippen LogP contribution in [0.25, 0.3) is 0 Å². The van der Waals surface area contributed by atoms with Crippen molar-refractivity contribution in [3.63, 3.8) is 0 Å². The summed E-state index contributed by atoms with van der Waals surface area (Å²) in [4.78, 5) is 2.43. The van der Waals surface area contributed by atoms with E-state index in [1.165, 1.54) is 6.42 Å². The third-order valence-electron chi connectivity index (χ3n) is 3.44. The fraction of sp³-hybridized carbons (Fsp3) is 0.571. The van der Waals surface area contributed by atoms with E-state index in [4.69, 9.17) is 10.5 Å². The van der Waals surface area contributed by atoms with Crippen LogP contribution in [0.15, 0.2) is 30.3 Å². The van der Waals surface area contributed by atoms with Gasteiger partial charge in [-0.3, -0.25) is 4.90 Å². The molecule has 0 spiro atoms. The molecule has 1 aliphatic heterocycles. The molecule has 1 heterocycles. The van der Waals surface area contributed by atoms with E-state index in [1.54, 1.807) is 0 Å². The highest BCUT2D eigenvalue weighted by Crippen LogP contribution is 2.15. The zero-order chi connectivity index (χ0) is 12.1. The molecular weight excluding hydrogens is 212 g/mol. The number of piperidine rings is 1. The summed E-state index contributed by atoms with van der Waals surface area (Å²) in [5.74, 6) is 0.946. The Labute approximate surface area is 104 Å². The maximum absolute atomic E-state index is 5.99. The molecule has 1 aliphatic rings. The lowest BCUT2D eigenvalue weighted by molar-refractivity contribution is 0.122. The zero-order valence-electron chi connectivity index (χ0n) is 10.5. The SMILES string of the molecule is CC1CCC(N)CN1CCOc1ccccc1. The Balaban J connectivity index is 1.74. The monoisotopic (exact) mass is 234 g/mol. The summed E-state index contributed by atoms with van der Waals surface area (Å²) in [5, 5.41) is 0. The van der Waals surface area contributed by atoms with Crippen molar-refractivity contribution in [2.45, 2.75) is 31.8 Å². The van der Waals surface area contributed by atoms with Gasteiger partial charge in [-0.2, -0.15) is 0 Å². The second-order valence-corrected chi connectivity index (χ2v) is 4.84. The van der Waals surface area contributed by atoms with Gasteiger partial charge in [0, 0.05) is 25.2 Å². The molecule has 1 aromatic carbocycles. The lowest BCUT2D eigenvalue weighted by atomic mass is 10.0. The molecule has 94 valence electrons. The summed E-state index contributed by atoms with van der Waals surface area (Å²) < 4.78 is 5.71. The van der Waals surface area contributed by atoms with Crippen LogP contribution in [0.3, 0.4) is 0 Å². The number of rotatable bonds is 4. The Hall–Kier alpha value is -1.06. The molecule has 0 aromatic heterocycles. The van der Waals surface area contributed by atoms with Crippen LogP contribution in [-0.2, 0) is 0 Å². The van der Waals surface area contributed by atoms with Crippen molar-refractivity contribution in [2.24, 2.45) is 5.73 Å². The summed E-state index contributed by atoms with van der Waals surface area (Å²) in [7, 11) is 0. The van der Waals surface area contributed by atoms with Gasteiger partial charge in [0.25, 0.3) is 0 Å². The molecular formula is C14H22N2O. The average Bonchev–Trinajstić information content (AvgIpc) is 2.35. The van der Waals surface area contributed by atoms with Crippen molar-refractivity contribution >= 4 is 0 Å². The second kappa shape index (κ2) is 6.03. The van der Waals surface area contributed by atoms with Gasteiger partial charge < -0.3 is 10.5 Å². The van der Waals surface area contributed by atoms with Crippen molar-refractivity contribution < 1.29 is 4.74 Å². The Morgan fingerprint density at radius 1 is 1.29 bits per heavy atom. The van der Waals surface area contributed by atoms with Crippen molar-refractivity contribution in [1.82, 2.24) is 4.90 Å². The highest BCUT2D eigenvalue weighted by molar-refractivity contribution is 5.20. The molecule has 2 unspecified atom stereocenters. The van der Waals surface area contributed by atoms with Gasteiger partial charge in [-0.05, 0) is 31.9 Å². The van der Waals surface area contributed by atoms with Gasteiger partial charge in [0.2, 0.25) is 0 Å². The molecule has 0 aliphatic carbocycles. The van der Waals surface area contributed by atoms with Gasteiger partial charge in [0.05, 0.1) is 0 Å². The molecule has 2 N–H and O–H groups in total. The first kappa shape index (κ1) is 12.4. The number of likely N-dealkylation sites (tertiary alicyclic amines) is 1. The molecule has 3 heteroatoms. The van der Waals surface area contributed by atoms with Crippen LogP contribution in [0.2, 0.25) is 0 Å². The fourth-order valence-electron chi connectivity index (χ4n) is 2.32. The third-order valence-corrected chi connectivity index (χ3v) is 3.44. The summed E-state index contributed by atoms with van der Waals surface area (Å²) in [5.41, 5.74) is 5.99. The molecule has 3 nitrogen and oxygen atoms in total. The Morgan fingerprint density at radius 2 is 2.06 bits per heavy atom. The number of nitrogens with zero attached hydrogens (tertiary/aromatic N) is 1. The average molecular weight is 234 g/mol. The molecule has 0 radical (unpaired) electrons. The van der Waals surface area contributed by atoms with Crippen molar-refractivity contribution in [3.05, 3.63) is 30.3 Å². The standard InChI is InChI=1S/C14H22N2O/c1-12-7-8-13(15)11-16(12)9-10-17-14-5-3-2-4-6-14/h2-6,12-13H,7-11,15H2,1H3. The van der Waals surface area contributed by atoms with E-state index in [-0.39, 0.29) is 0 Å². The van der Waals surface area contributed by atoms with E-state index in [2.05, 4.69) is 11.8 Å². The third kappa shape index (κ3) is 3.72. The van der Waals surface area contributed by atoms with Gasteiger partial charge >= 0.3 is 0 Å². The molecule has 1 fully saturated rings. The van der Waals surface area contributed by atoms with Gasteiger partial charge in [0.1, 0.15) is 12.4 Å². The van der Waals surface area contributed by atoms with Gasteiger partial charge in [0.15, 0.2) is 0 Å². The van der Waals surface area contributed by atoms with Crippen molar-refractivity contribution in [2.75, 3.05) is 19.7 Å². The lowest BCUT2D eigenvalue weighted by Gasteiger charge is -2.36. The van der Waals surface area contributed by atoms with Gasteiger partial charge in [-0.25, -0.2) is 0 Å². The van der Waals surface area contributed by atoms with E-state index >= 15 is 0 Å². The first-order valence-corrected chi connectivity index (χ1v) is 6.43.